The predicted octanol–water partition coefficient (Wildman–Crippen LogP) is 1.78. The van der Waals surface area contributed by atoms with Gasteiger partial charge >= 0.3 is 0 Å². The molecule has 9 heavy (non-hydrogen) atoms. The van der Waals surface area contributed by atoms with Gasteiger partial charge in [-0.2, -0.15) is 0 Å². The zero-order chi connectivity index (χ0) is 6.85. The van der Waals surface area contributed by atoms with Crippen molar-refractivity contribution in [3.05, 3.63) is 21.9 Å². The Labute approximate surface area is 61.8 Å². The Morgan fingerprint density at radius 3 is 2.44 bits per heavy atom. The summed E-state index contributed by atoms with van der Waals surface area (Å²) in [4.78, 5) is 12.4. The van der Waals surface area contributed by atoms with Crippen LogP contribution >= 0.6 is 23.2 Å². The van der Waals surface area contributed by atoms with E-state index >= 15 is 0 Å². The Balaban J connectivity index is 3.11. The number of nitrogens with one attached hydrogen (secondary N) is 1. The number of aromatic nitrogens is 1. The first kappa shape index (κ1) is 6.65. The minimum Gasteiger partial charge on any atom is -0.342 e. The Morgan fingerprint density at radius 1 is 1.56 bits per heavy atom. The molecule has 1 aromatic heterocycles. The average molecular weight is 163 g/mol. The molecule has 1 heterocycles. The molecular formula is C5H2Cl2NO. The molecule has 0 fully saturated rings. The van der Waals surface area contributed by atoms with E-state index in [9.17, 15) is 4.79 Å². The van der Waals surface area contributed by atoms with E-state index in [4.69, 9.17) is 23.2 Å². The molecule has 0 amide bonds. The van der Waals surface area contributed by atoms with E-state index in [1.165, 1.54) is 6.07 Å². The molecule has 4 heteroatoms. The lowest BCUT2D eigenvalue weighted by atomic mass is 10.5. The van der Waals surface area contributed by atoms with Crippen LogP contribution in [0.3, 0.4) is 0 Å². The molecule has 0 aliphatic rings. The number of hydrogen-bond donors (Lipinski definition) is 1. The number of rotatable bonds is 1. The second-order valence-electron chi connectivity index (χ2n) is 1.45. The Morgan fingerprint density at radius 2 is 2.22 bits per heavy atom. The largest absolute Gasteiger partial charge is 0.342 e. The van der Waals surface area contributed by atoms with E-state index in [1.807, 2.05) is 0 Å². The zero-order valence-corrected chi connectivity index (χ0v) is 5.75. The van der Waals surface area contributed by atoms with Crippen LogP contribution in [0, 0.1) is 0 Å². The Kier molecular flexibility index (Phi) is 1.78. The van der Waals surface area contributed by atoms with Crippen LogP contribution in [0.2, 0.25) is 10.2 Å². The summed E-state index contributed by atoms with van der Waals surface area (Å²) in [5.74, 6) is 0. The van der Waals surface area contributed by atoms with Gasteiger partial charge < -0.3 is 4.98 Å². The molecule has 0 unspecified atom stereocenters. The highest BCUT2D eigenvalue weighted by molar-refractivity contribution is 6.41. The van der Waals surface area contributed by atoms with E-state index in [2.05, 4.69) is 4.98 Å². The summed E-state index contributed by atoms with van der Waals surface area (Å²) in [6, 6.07) is 1.41. The monoisotopic (exact) mass is 162 g/mol. The first-order chi connectivity index (χ1) is 4.24. The smallest absolute Gasteiger partial charge is 0.251 e. The number of hydrogen-bond acceptors (Lipinski definition) is 1. The molecule has 1 rings (SSSR count). The second-order valence-corrected chi connectivity index (χ2v) is 2.23. The number of carbonyl (C=O) groups excluding carboxylic acids is 1. The Hall–Kier alpha value is -0.470. The maximum atomic E-state index is 9.90. The maximum absolute atomic E-state index is 9.90. The molecule has 1 radical (unpaired) electrons. The molecule has 0 atom stereocenters. The van der Waals surface area contributed by atoms with Gasteiger partial charge in [0.1, 0.15) is 5.15 Å². The molecule has 0 saturated heterocycles. The van der Waals surface area contributed by atoms with Crippen LogP contribution < -0.4 is 0 Å². The number of H-pyrrole nitrogens is 1. The van der Waals surface area contributed by atoms with Crippen LogP contribution in [0.1, 0.15) is 5.69 Å². The van der Waals surface area contributed by atoms with Crippen molar-refractivity contribution >= 4 is 29.5 Å². The molecule has 0 aliphatic carbocycles. The summed E-state index contributed by atoms with van der Waals surface area (Å²) < 4.78 is 0. The van der Waals surface area contributed by atoms with Crippen molar-refractivity contribution in [2.45, 2.75) is 0 Å². The fraction of sp³-hybridized carbons (Fsp3) is 0. The van der Waals surface area contributed by atoms with Gasteiger partial charge in [-0.15, -0.1) is 0 Å². The van der Waals surface area contributed by atoms with Crippen LogP contribution in [-0.4, -0.2) is 11.3 Å². The van der Waals surface area contributed by atoms with Crippen molar-refractivity contribution < 1.29 is 4.79 Å². The standard InChI is InChI=1S/C5H2Cl2NO/c6-4-1-3(2-9)8-5(4)7/h1,8H. The maximum Gasteiger partial charge on any atom is 0.251 e. The van der Waals surface area contributed by atoms with E-state index in [0.717, 1.165) is 0 Å². The summed E-state index contributed by atoms with van der Waals surface area (Å²) in [6.07, 6.45) is 1.61. The fourth-order valence-corrected chi connectivity index (χ4v) is 0.772. The summed E-state index contributed by atoms with van der Waals surface area (Å²) in [5, 5.41) is 0.616. The summed E-state index contributed by atoms with van der Waals surface area (Å²) in [7, 11) is 0. The topological polar surface area (TPSA) is 32.9 Å². The van der Waals surface area contributed by atoms with Crippen molar-refractivity contribution in [2.75, 3.05) is 0 Å². The van der Waals surface area contributed by atoms with Crippen molar-refractivity contribution in [3.63, 3.8) is 0 Å². The third-order valence-electron chi connectivity index (χ3n) is 0.835. The lowest BCUT2D eigenvalue weighted by Crippen LogP contribution is -1.74. The molecule has 2 nitrogen and oxygen atoms in total. The fourth-order valence-electron chi connectivity index (χ4n) is 0.459. The summed E-state index contributed by atoms with van der Waals surface area (Å²) >= 11 is 10.9. The molecule has 0 spiro atoms. The van der Waals surface area contributed by atoms with Gasteiger partial charge in [-0.05, 0) is 6.07 Å². The van der Waals surface area contributed by atoms with Crippen molar-refractivity contribution in [3.8, 4) is 0 Å². The van der Waals surface area contributed by atoms with E-state index in [-0.39, 0.29) is 10.8 Å². The molecular weight excluding hydrogens is 161 g/mol. The van der Waals surface area contributed by atoms with Crippen LogP contribution in [-0.2, 0) is 4.79 Å². The molecule has 1 aromatic rings. The lowest BCUT2D eigenvalue weighted by Gasteiger charge is -1.76. The third kappa shape index (κ3) is 1.26. The van der Waals surface area contributed by atoms with Gasteiger partial charge in [-0.3, -0.25) is 4.79 Å². The van der Waals surface area contributed by atoms with Gasteiger partial charge in [0.2, 0.25) is 0 Å². The summed E-state index contributed by atoms with van der Waals surface area (Å²) in [6.45, 7) is 0. The Bertz CT molecular complexity index is 211. The minimum atomic E-state index is 0.269. The predicted molar refractivity (Wildman–Crippen MR) is 35.6 cm³/mol. The SMILES string of the molecule is O=[C]c1cc(Cl)c(Cl)[nH]1. The third-order valence-corrected chi connectivity index (χ3v) is 1.53. The highest BCUT2D eigenvalue weighted by atomic mass is 35.5. The number of halogens is 2. The molecule has 1 N–H and O–H groups in total. The second kappa shape index (κ2) is 2.42. The molecule has 47 valence electrons. The summed E-state index contributed by atoms with van der Waals surface area (Å²) in [5.41, 5.74) is 0.269. The minimum absolute atomic E-state index is 0.269. The van der Waals surface area contributed by atoms with Crippen LogP contribution in [0.25, 0.3) is 0 Å². The van der Waals surface area contributed by atoms with Crippen LogP contribution in [0.5, 0.6) is 0 Å². The van der Waals surface area contributed by atoms with Gasteiger partial charge in [0.05, 0.1) is 10.7 Å². The zero-order valence-electron chi connectivity index (χ0n) is 4.24. The highest BCUT2D eigenvalue weighted by Gasteiger charge is 2.01. The average Bonchev–Trinajstić information content (AvgIpc) is 2.13. The van der Waals surface area contributed by atoms with Gasteiger partial charge in [-0.25, -0.2) is 0 Å². The van der Waals surface area contributed by atoms with Crippen molar-refractivity contribution in [2.24, 2.45) is 0 Å². The van der Waals surface area contributed by atoms with Gasteiger partial charge in [0.25, 0.3) is 6.29 Å². The van der Waals surface area contributed by atoms with Crippen LogP contribution in [0.15, 0.2) is 6.07 Å². The molecule has 0 bridgehead atoms. The van der Waals surface area contributed by atoms with E-state index in [1.54, 1.807) is 6.29 Å². The molecule has 0 aromatic carbocycles. The van der Waals surface area contributed by atoms with Gasteiger partial charge in [0, 0.05) is 0 Å². The van der Waals surface area contributed by atoms with Gasteiger partial charge in [-0.1, -0.05) is 23.2 Å². The van der Waals surface area contributed by atoms with E-state index < -0.39 is 0 Å². The first-order valence-electron chi connectivity index (χ1n) is 2.16. The number of aromatic amines is 1. The van der Waals surface area contributed by atoms with Crippen molar-refractivity contribution in [1.82, 2.24) is 4.98 Å². The lowest BCUT2D eigenvalue weighted by molar-refractivity contribution is 0.561. The van der Waals surface area contributed by atoms with Crippen molar-refractivity contribution in [1.29, 1.82) is 0 Å². The van der Waals surface area contributed by atoms with Gasteiger partial charge in [0.15, 0.2) is 0 Å². The first-order valence-corrected chi connectivity index (χ1v) is 2.92. The quantitative estimate of drug-likeness (QED) is 0.672. The molecule has 0 saturated carbocycles. The normalized spacial score (nSPS) is 9.56. The highest BCUT2D eigenvalue weighted by Crippen LogP contribution is 2.20. The molecule has 0 aliphatic heterocycles. The van der Waals surface area contributed by atoms with E-state index in [0.29, 0.717) is 5.02 Å². The van der Waals surface area contributed by atoms with Crippen LogP contribution in [0.4, 0.5) is 0 Å².